The molecule has 2 saturated heterocycles. The van der Waals surface area contributed by atoms with Crippen LogP contribution in [0.3, 0.4) is 0 Å². The van der Waals surface area contributed by atoms with Crippen LogP contribution in [0.2, 0.25) is 0 Å². The van der Waals surface area contributed by atoms with Crippen molar-refractivity contribution >= 4 is 40.0 Å². The van der Waals surface area contributed by atoms with Crippen LogP contribution in [0.25, 0.3) is 27.8 Å². The number of amides is 1. The van der Waals surface area contributed by atoms with E-state index in [9.17, 15) is 5.26 Å². The van der Waals surface area contributed by atoms with E-state index in [0.717, 1.165) is 33.4 Å². The van der Waals surface area contributed by atoms with Gasteiger partial charge in [0, 0.05) is 81.4 Å². The second kappa shape index (κ2) is 11.4. The molecule has 50 heavy (non-hydrogen) atoms. The van der Waals surface area contributed by atoms with E-state index in [1.165, 1.54) is 0 Å². The minimum atomic E-state index is -1.67. The summed E-state index contributed by atoms with van der Waals surface area (Å²) in [5, 5.41) is 17.7. The number of carbonyl (C=O) groups is 2. The predicted molar refractivity (Wildman–Crippen MR) is 196 cm³/mol. The molecule has 1 unspecified atom stereocenters. The van der Waals surface area contributed by atoms with Gasteiger partial charge in [0.1, 0.15) is 11.0 Å². The Morgan fingerprint density at radius 1 is 1.00 bits per heavy atom. The third-order valence-corrected chi connectivity index (χ3v) is 11.8. The molecular formula is C41H32N6O2S. The molecule has 0 bridgehead atoms. The van der Waals surface area contributed by atoms with Crippen molar-refractivity contribution in [3.63, 3.8) is 0 Å². The van der Waals surface area contributed by atoms with Gasteiger partial charge in [0.15, 0.2) is 5.78 Å². The van der Waals surface area contributed by atoms with Crippen LogP contribution in [0, 0.1) is 16.7 Å². The molecule has 2 fully saturated rings. The zero-order valence-electron chi connectivity index (χ0n) is 27.1. The third kappa shape index (κ3) is 3.94. The van der Waals surface area contributed by atoms with Gasteiger partial charge in [0.05, 0.1) is 17.5 Å². The van der Waals surface area contributed by atoms with Gasteiger partial charge in [0.25, 0.3) is 5.91 Å². The van der Waals surface area contributed by atoms with Gasteiger partial charge >= 0.3 is 0 Å². The molecule has 8 nitrogen and oxygen atoms in total. The average molecular weight is 673 g/mol. The van der Waals surface area contributed by atoms with Crippen LogP contribution in [-0.4, -0.2) is 55.6 Å². The van der Waals surface area contributed by atoms with Gasteiger partial charge in [-0.1, -0.05) is 91.0 Å². The summed E-state index contributed by atoms with van der Waals surface area (Å²) in [6.07, 6.45) is 5.39. The van der Waals surface area contributed by atoms with Crippen LogP contribution < -0.4 is 4.90 Å². The van der Waals surface area contributed by atoms with Crippen molar-refractivity contribution in [2.24, 2.45) is 5.41 Å². The number of benzene rings is 4. The quantitative estimate of drug-likeness (QED) is 0.141. The number of aromatic amines is 1. The molecule has 0 radical (unpaired) electrons. The summed E-state index contributed by atoms with van der Waals surface area (Å²) >= 11 is 1.66. The van der Waals surface area contributed by atoms with Crippen molar-refractivity contribution in [1.82, 2.24) is 19.7 Å². The number of nitrogens with one attached hydrogen (secondary N) is 1. The number of hydrogen-bond acceptors (Lipinski definition) is 6. The molecule has 0 saturated carbocycles. The lowest BCUT2D eigenvalue weighted by Gasteiger charge is -2.39. The highest BCUT2D eigenvalue weighted by Crippen LogP contribution is 2.68. The number of para-hydroxylation sites is 3. The van der Waals surface area contributed by atoms with E-state index in [2.05, 4.69) is 22.5 Å². The summed E-state index contributed by atoms with van der Waals surface area (Å²) in [6, 6.07) is 37.3. The molecule has 9 heteroatoms. The molecule has 244 valence electrons. The molecule has 4 aromatic carbocycles. The Kier molecular flexibility index (Phi) is 6.95. The average Bonchev–Trinajstić information content (AvgIpc) is 3.99. The van der Waals surface area contributed by atoms with Gasteiger partial charge in [0.2, 0.25) is 0 Å². The Hall–Kier alpha value is -5.69. The first-order valence-electron chi connectivity index (χ1n) is 16.6. The summed E-state index contributed by atoms with van der Waals surface area (Å²) in [7, 11) is 0. The van der Waals surface area contributed by atoms with Crippen LogP contribution in [0.15, 0.2) is 134 Å². The molecule has 0 aliphatic carbocycles. The van der Waals surface area contributed by atoms with Gasteiger partial charge in [-0.05, 0) is 24.3 Å². The van der Waals surface area contributed by atoms with E-state index >= 15 is 9.59 Å². The van der Waals surface area contributed by atoms with Crippen LogP contribution in [0.1, 0.15) is 27.4 Å². The first kappa shape index (κ1) is 30.4. The van der Waals surface area contributed by atoms with Crippen molar-refractivity contribution in [3.8, 4) is 23.0 Å². The first-order valence-corrected chi connectivity index (χ1v) is 17.8. The fourth-order valence-corrected chi connectivity index (χ4v) is 10.1. The number of fused-ring (bicyclic) bond motifs is 5. The van der Waals surface area contributed by atoms with Gasteiger partial charge in [-0.15, -0.1) is 18.3 Å². The van der Waals surface area contributed by atoms with Crippen molar-refractivity contribution in [3.05, 3.63) is 151 Å². The highest BCUT2D eigenvalue weighted by molar-refractivity contribution is 7.99. The van der Waals surface area contributed by atoms with Gasteiger partial charge in [-0.2, -0.15) is 10.4 Å². The van der Waals surface area contributed by atoms with E-state index in [1.807, 2.05) is 120 Å². The number of anilines is 1. The SMILES string of the molecule is C=CCN1C(=O)[C@]2(c3ccccc31)[C@H](c1cn(-c3ccccc3)nc1-c1ccccc1)[C@@](C#N)(C(=O)c1c[nH]c3ccccc13)C1CSCN12. The number of nitrogens with zero attached hydrogens (tertiary/aromatic N) is 5. The molecule has 5 heterocycles. The fourth-order valence-electron chi connectivity index (χ4n) is 8.74. The second-order valence-electron chi connectivity index (χ2n) is 13.0. The van der Waals surface area contributed by atoms with Crippen molar-refractivity contribution in [2.75, 3.05) is 23.1 Å². The number of ketones is 1. The normalized spacial score (nSPS) is 24.1. The Balaban J connectivity index is 1.41. The smallest absolute Gasteiger partial charge is 0.253 e. The number of H-pyrrole nitrogens is 1. The summed E-state index contributed by atoms with van der Waals surface area (Å²) in [5.41, 5.74) is 2.74. The number of aromatic nitrogens is 3. The molecule has 2 aromatic heterocycles. The highest BCUT2D eigenvalue weighted by Gasteiger charge is 2.77. The fraction of sp³-hybridized carbons (Fsp3) is 0.171. The third-order valence-electron chi connectivity index (χ3n) is 10.7. The summed E-state index contributed by atoms with van der Waals surface area (Å²) in [4.78, 5) is 38.4. The Labute approximate surface area is 293 Å². The highest BCUT2D eigenvalue weighted by atomic mass is 32.2. The number of carbonyl (C=O) groups excluding carboxylic acids is 2. The minimum absolute atomic E-state index is 0.161. The van der Waals surface area contributed by atoms with Gasteiger partial charge in [-0.3, -0.25) is 14.5 Å². The maximum atomic E-state index is 15.6. The monoisotopic (exact) mass is 672 g/mol. The summed E-state index contributed by atoms with van der Waals surface area (Å²) in [6.45, 7) is 4.27. The van der Waals surface area contributed by atoms with Crippen LogP contribution in [0.5, 0.6) is 0 Å². The Morgan fingerprint density at radius 3 is 2.50 bits per heavy atom. The van der Waals surface area contributed by atoms with E-state index in [1.54, 1.807) is 28.9 Å². The molecular weight excluding hydrogens is 641 g/mol. The molecule has 1 N–H and O–H groups in total. The molecule has 4 atom stereocenters. The van der Waals surface area contributed by atoms with E-state index in [-0.39, 0.29) is 11.7 Å². The van der Waals surface area contributed by atoms with Crippen molar-refractivity contribution in [1.29, 1.82) is 5.26 Å². The number of Topliss-reactive ketones (excluding diaryl/α,β-unsaturated/α-hetero) is 1. The lowest BCUT2D eigenvalue weighted by atomic mass is 9.60. The second-order valence-corrected chi connectivity index (χ2v) is 14.0. The van der Waals surface area contributed by atoms with Crippen LogP contribution in [0.4, 0.5) is 5.69 Å². The summed E-state index contributed by atoms with van der Waals surface area (Å²) in [5.74, 6) is -0.378. The summed E-state index contributed by atoms with van der Waals surface area (Å²) < 4.78 is 1.81. The molecule has 3 aliphatic heterocycles. The largest absolute Gasteiger partial charge is 0.360 e. The van der Waals surface area contributed by atoms with E-state index < -0.39 is 22.9 Å². The molecule has 1 spiro atoms. The Bertz CT molecular complexity index is 2360. The van der Waals surface area contributed by atoms with Crippen LogP contribution in [-0.2, 0) is 10.3 Å². The van der Waals surface area contributed by atoms with Crippen LogP contribution >= 0.6 is 11.8 Å². The number of rotatable bonds is 7. The van der Waals surface area contributed by atoms with Crippen molar-refractivity contribution < 1.29 is 9.59 Å². The van der Waals surface area contributed by atoms with Crippen molar-refractivity contribution in [2.45, 2.75) is 17.5 Å². The maximum Gasteiger partial charge on any atom is 0.253 e. The molecule has 1 amide bonds. The number of thioether (sulfide) groups is 1. The predicted octanol–water partition coefficient (Wildman–Crippen LogP) is 7.31. The maximum absolute atomic E-state index is 15.6. The zero-order valence-corrected chi connectivity index (χ0v) is 27.9. The lowest BCUT2D eigenvalue weighted by molar-refractivity contribution is -0.129. The number of hydrogen-bond donors (Lipinski definition) is 1. The first-order chi connectivity index (χ1) is 24.6. The van der Waals surface area contributed by atoms with Gasteiger partial charge < -0.3 is 9.88 Å². The van der Waals surface area contributed by atoms with E-state index in [4.69, 9.17) is 5.10 Å². The standard InChI is InChI=1S/C41H32N6O2S/c1-2-21-45-34-20-12-10-18-32(34)41(39(45)49)37(31-23-47(28-15-7-4-8-16-28)44-36(31)27-13-5-3-6-14-27)40(25-42,35-24-50-26-46(35)41)38(48)30-22-43-33-19-11-9-17-29(30)33/h2-20,22-23,35,37,43H,1,21,24,26H2/t35?,37-,40+,41+/m1/s1. The molecule has 9 rings (SSSR count). The number of nitriles is 1. The van der Waals surface area contributed by atoms with Gasteiger partial charge in [-0.25, -0.2) is 4.68 Å². The zero-order chi connectivity index (χ0) is 34.0. The lowest BCUT2D eigenvalue weighted by Crippen LogP contribution is -2.52. The topological polar surface area (TPSA) is 98.0 Å². The molecule has 6 aromatic rings. The molecule has 3 aliphatic rings. The Morgan fingerprint density at radius 2 is 1.72 bits per heavy atom. The minimum Gasteiger partial charge on any atom is -0.360 e. The van der Waals surface area contributed by atoms with E-state index in [0.29, 0.717) is 35.0 Å².